The summed E-state index contributed by atoms with van der Waals surface area (Å²) in [6.07, 6.45) is 5.03. The van der Waals surface area contributed by atoms with Crippen LogP contribution in [-0.4, -0.2) is 51.3 Å². The highest BCUT2D eigenvalue weighted by Crippen LogP contribution is 2.32. The molecule has 1 aromatic carbocycles. The normalized spacial score (nSPS) is 12.7. The van der Waals surface area contributed by atoms with E-state index in [1.54, 1.807) is 28.7 Å². The number of aromatic nitrogens is 4. The first-order chi connectivity index (χ1) is 16.0. The highest BCUT2D eigenvalue weighted by molar-refractivity contribution is 7.99. The Morgan fingerprint density at radius 3 is 2.94 bits per heavy atom. The summed E-state index contributed by atoms with van der Waals surface area (Å²) in [6, 6.07) is 5.56. The second-order valence-corrected chi connectivity index (χ2v) is 9.14. The standard InChI is InChI=1S/C23H28N6O3S/c1-4-33-23-27-21(25-12-15(2)3)17-13-26-29(22(17)28-23)10-9-24-20(30)8-6-16-5-7-18-19(11-16)32-14-31-18/h5-8,11,13,15H,4,9-10,12,14H2,1-3H3,(H,24,30)(H,25,27,28). The smallest absolute Gasteiger partial charge is 0.244 e. The Kier molecular flexibility index (Phi) is 7.33. The van der Waals surface area contributed by atoms with E-state index in [1.165, 1.54) is 6.08 Å². The predicted octanol–water partition coefficient (Wildman–Crippen LogP) is 3.56. The Hall–Kier alpha value is -3.27. The van der Waals surface area contributed by atoms with Gasteiger partial charge in [0.05, 0.1) is 18.1 Å². The molecule has 1 aliphatic heterocycles. The van der Waals surface area contributed by atoms with E-state index in [2.05, 4.69) is 46.5 Å². The zero-order chi connectivity index (χ0) is 23.2. The van der Waals surface area contributed by atoms with E-state index >= 15 is 0 Å². The molecular weight excluding hydrogens is 440 g/mol. The predicted molar refractivity (Wildman–Crippen MR) is 130 cm³/mol. The molecule has 0 aliphatic carbocycles. The number of hydrogen-bond acceptors (Lipinski definition) is 8. The number of fused-ring (bicyclic) bond motifs is 2. The molecule has 174 valence electrons. The number of nitrogens with one attached hydrogen (secondary N) is 2. The number of thioether (sulfide) groups is 1. The van der Waals surface area contributed by atoms with Gasteiger partial charge in [0.1, 0.15) is 5.82 Å². The van der Waals surface area contributed by atoms with Gasteiger partial charge in [0.25, 0.3) is 0 Å². The second-order valence-electron chi connectivity index (χ2n) is 7.90. The van der Waals surface area contributed by atoms with Crippen molar-refractivity contribution >= 4 is 40.6 Å². The van der Waals surface area contributed by atoms with E-state index in [-0.39, 0.29) is 12.7 Å². The molecule has 1 aliphatic rings. The number of rotatable bonds is 10. The highest BCUT2D eigenvalue weighted by atomic mass is 32.2. The molecule has 0 spiro atoms. The van der Waals surface area contributed by atoms with Crippen LogP contribution >= 0.6 is 11.8 Å². The van der Waals surface area contributed by atoms with Crippen molar-refractivity contribution in [2.45, 2.75) is 32.5 Å². The van der Waals surface area contributed by atoms with Crippen LogP contribution in [0.2, 0.25) is 0 Å². The quantitative estimate of drug-likeness (QED) is 0.264. The zero-order valence-electron chi connectivity index (χ0n) is 19.0. The molecule has 0 radical (unpaired) electrons. The minimum atomic E-state index is -0.180. The Balaban J connectivity index is 1.38. The van der Waals surface area contributed by atoms with Crippen molar-refractivity contribution < 1.29 is 14.3 Å². The fraction of sp³-hybridized carbons (Fsp3) is 0.391. The van der Waals surface area contributed by atoms with Crippen LogP contribution in [0.4, 0.5) is 5.82 Å². The minimum Gasteiger partial charge on any atom is -0.454 e. The fourth-order valence-electron chi connectivity index (χ4n) is 3.26. The Morgan fingerprint density at radius 2 is 2.12 bits per heavy atom. The van der Waals surface area contributed by atoms with Gasteiger partial charge in [0, 0.05) is 19.2 Å². The SMILES string of the molecule is CCSc1nc(NCC(C)C)c2cnn(CCNC(=O)C=Cc3ccc4c(c3)OCO4)c2n1. The van der Waals surface area contributed by atoms with E-state index < -0.39 is 0 Å². The summed E-state index contributed by atoms with van der Waals surface area (Å²) in [4.78, 5) is 21.6. The van der Waals surface area contributed by atoms with Crippen molar-refractivity contribution in [1.29, 1.82) is 0 Å². The lowest BCUT2D eigenvalue weighted by Crippen LogP contribution is -2.25. The number of ether oxygens (including phenoxy) is 2. The summed E-state index contributed by atoms with van der Waals surface area (Å²) < 4.78 is 12.5. The Labute approximate surface area is 197 Å². The molecule has 0 saturated heterocycles. The number of hydrogen-bond donors (Lipinski definition) is 2. The van der Waals surface area contributed by atoms with Crippen LogP contribution in [0.15, 0.2) is 35.6 Å². The van der Waals surface area contributed by atoms with Crippen LogP contribution in [0, 0.1) is 5.92 Å². The number of amides is 1. The lowest BCUT2D eigenvalue weighted by atomic mass is 10.2. The molecule has 0 bridgehead atoms. The first-order valence-corrected chi connectivity index (χ1v) is 12.0. The lowest BCUT2D eigenvalue weighted by Gasteiger charge is -2.11. The van der Waals surface area contributed by atoms with Crippen LogP contribution < -0.4 is 20.1 Å². The van der Waals surface area contributed by atoms with Crippen molar-refractivity contribution in [3.8, 4) is 11.5 Å². The number of anilines is 1. The van der Waals surface area contributed by atoms with E-state index in [0.717, 1.165) is 40.5 Å². The molecule has 3 aromatic rings. The third-order valence-electron chi connectivity index (χ3n) is 4.87. The van der Waals surface area contributed by atoms with Crippen molar-refractivity contribution in [3.63, 3.8) is 0 Å². The summed E-state index contributed by atoms with van der Waals surface area (Å²) in [5.41, 5.74) is 1.63. The van der Waals surface area contributed by atoms with Gasteiger partial charge in [-0.25, -0.2) is 14.6 Å². The highest BCUT2D eigenvalue weighted by Gasteiger charge is 2.14. The maximum Gasteiger partial charge on any atom is 0.244 e. The molecule has 0 atom stereocenters. The molecule has 4 rings (SSSR count). The maximum absolute atomic E-state index is 12.3. The molecule has 0 saturated carbocycles. The van der Waals surface area contributed by atoms with Gasteiger partial charge in [0.15, 0.2) is 22.3 Å². The summed E-state index contributed by atoms with van der Waals surface area (Å²) in [5, 5.41) is 12.4. The Bertz CT molecular complexity index is 1160. The van der Waals surface area contributed by atoms with Crippen LogP contribution in [0.25, 0.3) is 17.1 Å². The second kappa shape index (κ2) is 10.6. The third-order valence-corrected chi connectivity index (χ3v) is 5.60. The van der Waals surface area contributed by atoms with E-state index in [1.807, 2.05) is 18.2 Å². The first kappa shape index (κ1) is 22.9. The van der Waals surface area contributed by atoms with Crippen molar-refractivity contribution in [2.75, 3.05) is 31.0 Å². The van der Waals surface area contributed by atoms with Gasteiger partial charge < -0.3 is 20.1 Å². The lowest BCUT2D eigenvalue weighted by molar-refractivity contribution is -0.116. The van der Waals surface area contributed by atoms with E-state index in [4.69, 9.17) is 9.47 Å². The maximum atomic E-state index is 12.3. The molecule has 9 nitrogen and oxygen atoms in total. The van der Waals surface area contributed by atoms with Gasteiger partial charge in [0.2, 0.25) is 12.7 Å². The third kappa shape index (κ3) is 5.75. The minimum absolute atomic E-state index is 0.180. The van der Waals surface area contributed by atoms with Crippen molar-refractivity contribution in [2.24, 2.45) is 5.92 Å². The molecule has 0 fully saturated rings. The van der Waals surface area contributed by atoms with E-state index in [9.17, 15) is 4.79 Å². The largest absolute Gasteiger partial charge is 0.454 e. The van der Waals surface area contributed by atoms with Crippen molar-refractivity contribution in [3.05, 3.63) is 36.0 Å². The van der Waals surface area contributed by atoms with Gasteiger partial charge in [-0.1, -0.05) is 38.6 Å². The van der Waals surface area contributed by atoms with Crippen molar-refractivity contribution in [1.82, 2.24) is 25.1 Å². The molecule has 3 heterocycles. The first-order valence-electron chi connectivity index (χ1n) is 11.0. The van der Waals surface area contributed by atoms with Gasteiger partial charge in [-0.05, 0) is 35.4 Å². The molecule has 10 heteroatoms. The summed E-state index contributed by atoms with van der Waals surface area (Å²) in [7, 11) is 0. The van der Waals surface area contributed by atoms with Crippen LogP contribution in [-0.2, 0) is 11.3 Å². The van der Waals surface area contributed by atoms with Gasteiger partial charge in [-0.3, -0.25) is 4.79 Å². The van der Waals surface area contributed by atoms with Crippen LogP contribution in [0.5, 0.6) is 11.5 Å². The van der Waals surface area contributed by atoms with Gasteiger partial charge in [-0.15, -0.1) is 0 Å². The zero-order valence-corrected chi connectivity index (χ0v) is 19.8. The van der Waals surface area contributed by atoms with Gasteiger partial charge in [-0.2, -0.15) is 5.10 Å². The Morgan fingerprint density at radius 1 is 1.27 bits per heavy atom. The fourth-order valence-corrected chi connectivity index (χ4v) is 3.83. The molecule has 0 unspecified atom stereocenters. The van der Waals surface area contributed by atoms with Crippen LogP contribution in [0.1, 0.15) is 26.3 Å². The summed E-state index contributed by atoms with van der Waals surface area (Å²) in [5.74, 6) is 3.40. The number of nitrogens with zero attached hydrogens (tertiary/aromatic N) is 4. The molecule has 1 amide bonds. The number of benzene rings is 1. The van der Waals surface area contributed by atoms with Crippen LogP contribution in [0.3, 0.4) is 0 Å². The number of carbonyl (C=O) groups excluding carboxylic acids is 1. The molecule has 2 N–H and O–H groups in total. The average molecular weight is 469 g/mol. The van der Waals surface area contributed by atoms with E-state index in [0.29, 0.717) is 29.9 Å². The molecule has 33 heavy (non-hydrogen) atoms. The molecule has 2 aromatic heterocycles. The summed E-state index contributed by atoms with van der Waals surface area (Å²) >= 11 is 1.59. The monoisotopic (exact) mass is 468 g/mol. The molecular formula is C23H28N6O3S. The van der Waals surface area contributed by atoms with Gasteiger partial charge >= 0.3 is 0 Å². The summed E-state index contributed by atoms with van der Waals surface area (Å²) in [6.45, 7) is 8.35. The average Bonchev–Trinajstić information content (AvgIpc) is 3.43. The number of carbonyl (C=O) groups is 1. The topological polar surface area (TPSA) is 103 Å².